The van der Waals surface area contributed by atoms with Crippen molar-refractivity contribution < 1.29 is 28.5 Å². The molecule has 1 aliphatic rings. The van der Waals surface area contributed by atoms with Crippen LogP contribution in [0.1, 0.15) is 252 Å². The van der Waals surface area contributed by atoms with Gasteiger partial charge in [0.15, 0.2) is 5.79 Å². The minimum absolute atomic E-state index is 0.00880. The van der Waals surface area contributed by atoms with Crippen molar-refractivity contribution >= 4 is 11.9 Å². The summed E-state index contributed by atoms with van der Waals surface area (Å²) in [5.41, 5.74) is 0. The molecule has 0 aromatic rings. The van der Waals surface area contributed by atoms with Crippen LogP contribution in [0.3, 0.4) is 0 Å². The van der Waals surface area contributed by atoms with E-state index in [1.54, 1.807) is 0 Å². The minimum Gasteiger partial charge on any atom is -0.466 e. The summed E-state index contributed by atoms with van der Waals surface area (Å²) in [4.78, 5) is 27.4. The fraction of sp³-hybridized carbons (Fsp3) is 0.959. The number of carbonyl (C=O) groups excluding carboxylic acids is 2. The van der Waals surface area contributed by atoms with Gasteiger partial charge in [0.1, 0.15) is 6.10 Å². The van der Waals surface area contributed by atoms with Crippen molar-refractivity contribution in [1.29, 1.82) is 0 Å². The predicted molar refractivity (Wildman–Crippen MR) is 236 cm³/mol. The smallest absolute Gasteiger partial charge is 0.306 e. The van der Waals surface area contributed by atoms with Crippen molar-refractivity contribution in [3.8, 4) is 0 Å². The maximum absolute atomic E-state index is 12.9. The Balaban J connectivity index is 2.33. The molecule has 1 heterocycles. The highest BCUT2D eigenvalue weighted by molar-refractivity contribution is 5.69. The Kier molecular flexibility index (Phi) is 35.9. The molecule has 0 aromatic heterocycles. The van der Waals surface area contributed by atoms with Gasteiger partial charge in [-0.15, -0.1) is 0 Å². The lowest BCUT2D eigenvalue weighted by Crippen LogP contribution is -2.31. The van der Waals surface area contributed by atoms with Crippen LogP contribution in [-0.4, -0.2) is 68.7 Å². The Bertz CT molecular complexity index is 867. The van der Waals surface area contributed by atoms with E-state index in [2.05, 4.69) is 39.8 Å². The fourth-order valence-corrected chi connectivity index (χ4v) is 8.07. The van der Waals surface area contributed by atoms with E-state index in [9.17, 15) is 9.59 Å². The van der Waals surface area contributed by atoms with Gasteiger partial charge in [-0.1, -0.05) is 162 Å². The lowest BCUT2D eigenvalue weighted by atomic mass is 9.99. The molecule has 7 nitrogen and oxygen atoms in total. The van der Waals surface area contributed by atoms with Crippen molar-refractivity contribution in [3.05, 3.63) is 0 Å². The molecule has 0 amide bonds. The van der Waals surface area contributed by atoms with Crippen molar-refractivity contribution in [2.45, 2.75) is 270 Å². The second-order valence-electron chi connectivity index (χ2n) is 17.7. The SMILES string of the molecule is CCCCCCCCCCCOC(=O)CCCCC[C@@]1(CCCCCCCC(=O)OC(CCCCCCCC)CCCCCCCC)OC[C@@H](CCN(C)C)O1. The third kappa shape index (κ3) is 31.8. The van der Waals surface area contributed by atoms with Crippen LogP contribution in [0.2, 0.25) is 0 Å². The average Bonchev–Trinajstić information content (AvgIpc) is 3.59. The second kappa shape index (κ2) is 38.0. The largest absolute Gasteiger partial charge is 0.466 e. The molecule has 0 spiro atoms. The molecular weight excluding hydrogens is 699 g/mol. The molecule has 0 aliphatic carbocycles. The maximum Gasteiger partial charge on any atom is 0.306 e. The van der Waals surface area contributed by atoms with E-state index in [1.165, 1.54) is 122 Å². The molecule has 2 atom stereocenters. The van der Waals surface area contributed by atoms with Gasteiger partial charge >= 0.3 is 11.9 Å². The number of carbonyl (C=O) groups is 2. The molecule has 0 radical (unpaired) electrons. The minimum atomic E-state index is -0.502. The van der Waals surface area contributed by atoms with Crippen LogP contribution in [0.15, 0.2) is 0 Å². The molecule has 1 aliphatic heterocycles. The Morgan fingerprint density at radius 3 is 1.52 bits per heavy atom. The fourth-order valence-electron chi connectivity index (χ4n) is 8.07. The van der Waals surface area contributed by atoms with Crippen LogP contribution >= 0.6 is 0 Å². The highest BCUT2D eigenvalue weighted by Gasteiger charge is 2.40. The summed E-state index contributed by atoms with van der Waals surface area (Å²) in [6.45, 7) is 9.01. The lowest BCUT2D eigenvalue weighted by molar-refractivity contribution is -0.180. The summed E-state index contributed by atoms with van der Waals surface area (Å²) < 4.78 is 24.7. The lowest BCUT2D eigenvalue weighted by Gasteiger charge is -2.28. The Morgan fingerprint density at radius 2 is 1.00 bits per heavy atom. The first-order valence-electron chi connectivity index (χ1n) is 24.7. The summed E-state index contributed by atoms with van der Waals surface area (Å²) in [6.07, 6.45) is 41.0. The molecule has 56 heavy (non-hydrogen) atoms. The topological polar surface area (TPSA) is 74.3 Å². The predicted octanol–water partition coefficient (Wildman–Crippen LogP) is 14.2. The number of rotatable bonds is 42. The molecule has 0 bridgehead atoms. The molecule has 332 valence electrons. The zero-order chi connectivity index (χ0) is 40.8. The van der Waals surface area contributed by atoms with Crippen LogP contribution in [0.25, 0.3) is 0 Å². The number of esters is 2. The van der Waals surface area contributed by atoms with E-state index in [4.69, 9.17) is 18.9 Å². The van der Waals surface area contributed by atoms with Crippen molar-refractivity contribution in [2.24, 2.45) is 0 Å². The van der Waals surface area contributed by atoms with Gasteiger partial charge in [-0.05, 0) is 78.3 Å². The molecule has 0 N–H and O–H groups in total. The molecule has 7 heteroatoms. The summed E-state index contributed by atoms with van der Waals surface area (Å²) in [7, 11) is 4.21. The molecular formula is C49H95NO6. The summed E-state index contributed by atoms with van der Waals surface area (Å²) >= 11 is 0. The highest BCUT2D eigenvalue weighted by atomic mass is 16.7. The number of ether oxygens (including phenoxy) is 4. The van der Waals surface area contributed by atoms with Crippen LogP contribution in [0, 0.1) is 0 Å². The monoisotopic (exact) mass is 794 g/mol. The summed E-state index contributed by atoms with van der Waals surface area (Å²) in [6, 6.07) is 0. The van der Waals surface area contributed by atoms with Crippen LogP contribution < -0.4 is 0 Å². The summed E-state index contributed by atoms with van der Waals surface area (Å²) in [5, 5.41) is 0. The Hall–Kier alpha value is -1.18. The highest BCUT2D eigenvalue weighted by Crippen LogP contribution is 2.35. The molecule has 1 saturated heterocycles. The molecule has 1 rings (SSSR count). The number of hydrogen-bond acceptors (Lipinski definition) is 7. The number of unbranched alkanes of at least 4 members (excludes halogenated alkanes) is 24. The molecule has 0 aromatic carbocycles. The van der Waals surface area contributed by atoms with Crippen LogP contribution in [-0.2, 0) is 28.5 Å². The first-order chi connectivity index (χ1) is 27.3. The van der Waals surface area contributed by atoms with Gasteiger partial charge in [-0.2, -0.15) is 0 Å². The Labute approximate surface area is 348 Å². The first-order valence-corrected chi connectivity index (χ1v) is 24.7. The quantitative estimate of drug-likeness (QED) is 0.0450. The normalized spacial score (nSPS) is 17.0. The van der Waals surface area contributed by atoms with Gasteiger partial charge in [-0.3, -0.25) is 9.59 Å². The van der Waals surface area contributed by atoms with E-state index < -0.39 is 5.79 Å². The van der Waals surface area contributed by atoms with Crippen molar-refractivity contribution in [3.63, 3.8) is 0 Å². The van der Waals surface area contributed by atoms with Gasteiger partial charge in [-0.25, -0.2) is 0 Å². The van der Waals surface area contributed by atoms with E-state index in [1.807, 2.05) is 0 Å². The van der Waals surface area contributed by atoms with Gasteiger partial charge in [0.2, 0.25) is 0 Å². The Morgan fingerprint density at radius 1 is 0.571 bits per heavy atom. The van der Waals surface area contributed by atoms with Gasteiger partial charge in [0.05, 0.1) is 19.3 Å². The average molecular weight is 794 g/mol. The van der Waals surface area contributed by atoms with Crippen molar-refractivity contribution in [1.82, 2.24) is 4.90 Å². The zero-order valence-corrected chi connectivity index (χ0v) is 38.1. The molecule has 0 unspecified atom stereocenters. The van der Waals surface area contributed by atoms with Crippen molar-refractivity contribution in [2.75, 3.05) is 33.9 Å². The molecule has 1 fully saturated rings. The standard InChI is InChI=1S/C49H95NO6/c1-6-9-12-15-18-19-20-26-34-43-53-47(51)37-31-27-33-41-49(54-44-46(56-49)39-42-50(4)5)40-32-25-21-24-30-38-48(52)55-45(35-28-22-16-13-10-7-2)36-29-23-17-14-11-8-3/h45-46H,6-44H2,1-5H3/t46-,49+/m1/s1. The van der Waals surface area contributed by atoms with Gasteiger partial charge < -0.3 is 23.8 Å². The van der Waals surface area contributed by atoms with E-state index in [0.29, 0.717) is 26.1 Å². The molecule has 0 saturated carbocycles. The second-order valence-corrected chi connectivity index (χ2v) is 17.7. The zero-order valence-electron chi connectivity index (χ0n) is 38.1. The summed E-state index contributed by atoms with van der Waals surface area (Å²) in [5.74, 6) is -0.543. The number of nitrogens with zero attached hydrogens (tertiary/aromatic N) is 1. The van der Waals surface area contributed by atoms with Crippen LogP contribution in [0.5, 0.6) is 0 Å². The third-order valence-electron chi connectivity index (χ3n) is 11.8. The van der Waals surface area contributed by atoms with E-state index >= 15 is 0 Å². The van der Waals surface area contributed by atoms with Gasteiger partial charge in [0, 0.05) is 32.2 Å². The maximum atomic E-state index is 12.9. The van der Waals surface area contributed by atoms with Crippen LogP contribution in [0.4, 0.5) is 0 Å². The van der Waals surface area contributed by atoms with E-state index in [-0.39, 0.29) is 24.1 Å². The third-order valence-corrected chi connectivity index (χ3v) is 11.8. The first kappa shape index (κ1) is 52.8. The van der Waals surface area contributed by atoms with Gasteiger partial charge in [0.25, 0.3) is 0 Å². The van der Waals surface area contributed by atoms with E-state index in [0.717, 1.165) is 103 Å². The number of hydrogen-bond donors (Lipinski definition) is 0.